The molecule has 2 rings (SSSR count). The number of hydrogen-bond donors (Lipinski definition) is 2. The number of sulfonamides is 1. The summed E-state index contributed by atoms with van der Waals surface area (Å²) in [6.07, 6.45) is 1.64. The summed E-state index contributed by atoms with van der Waals surface area (Å²) >= 11 is 0. The maximum Gasteiger partial charge on any atom is 0.264 e. The number of aryl methyl sites for hydroxylation is 1. The number of aromatic nitrogens is 3. The molecule has 0 saturated carbocycles. The third kappa shape index (κ3) is 3.81. The lowest BCUT2D eigenvalue weighted by Gasteiger charge is -2.06. The molecule has 1 heterocycles. The van der Waals surface area contributed by atoms with Gasteiger partial charge in [0.05, 0.1) is 11.5 Å². The van der Waals surface area contributed by atoms with Gasteiger partial charge in [-0.05, 0) is 24.3 Å². The van der Waals surface area contributed by atoms with Crippen molar-refractivity contribution in [2.45, 2.75) is 11.3 Å². The highest BCUT2D eigenvalue weighted by molar-refractivity contribution is 7.92. The molecule has 0 aliphatic rings. The van der Waals surface area contributed by atoms with Crippen LogP contribution in [0.4, 0.5) is 5.95 Å². The Morgan fingerprint density at radius 1 is 1.33 bits per heavy atom. The fourth-order valence-corrected chi connectivity index (χ4v) is 2.54. The van der Waals surface area contributed by atoms with E-state index in [0.29, 0.717) is 12.0 Å². The highest BCUT2D eigenvalue weighted by Gasteiger charge is 2.16. The molecular weight excluding hydrogens is 292 g/mol. The van der Waals surface area contributed by atoms with Crippen molar-refractivity contribution in [1.82, 2.24) is 14.8 Å². The van der Waals surface area contributed by atoms with Crippen LogP contribution in [0.5, 0.6) is 0 Å². The lowest BCUT2D eigenvalue weighted by molar-refractivity contribution is 0.305. The lowest BCUT2D eigenvalue weighted by Crippen LogP contribution is -2.16. The summed E-state index contributed by atoms with van der Waals surface area (Å²) in [7, 11) is -2.12. The maximum atomic E-state index is 12.2. The Kier molecular flexibility index (Phi) is 4.57. The third-order valence-electron chi connectivity index (χ3n) is 2.57. The van der Waals surface area contributed by atoms with E-state index >= 15 is 0 Å². The smallest absolute Gasteiger partial charge is 0.264 e. The van der Waals surface area contributed by atoms with Crippen LogP contribution in [0.2, 0.25) is 0 Å². The second-order valence-electron chi connectivity index (χ2n) is 4.11. The molecule has 0 radical (unpaired) electrons. The number of nitrogens with one attached hydrogen (secondary N) is 1. The standard InChI is InChI=1S/C13H14N4O3S/c1-17-13(14-10-15-17)16-21(19,20)12-7-5-11(6-8-12)4-2-3-9-18/h5-8,10,18H,3,9H2,1H3,(H,14,15,16). The molecule has 21 heavy (non-hydrogen) atoms. The summed E-state index contributed by atoms with van der Waals surface area (Å²) in [6, 6.07) is 6.13. The Bertz CT molecular complexity index is 770. The lowest BCUT2D eigenvalue weighted by atomic mass is 10.2. The molecule has 1 aromatic heterocycles. The molecule has 110 valence electrons. The van der Waals surface area contributed by atoms with E-state index in [4.69, 9.17) is 5.11 Å². The number of aliphatic hydroxyl groups excluding tert-OH is 1. The highest BCUT2D eigenvalue weighted by atomic mass is 32.2. The minimum Gasteiger partial charge on any atom is -0.395 e. The monoisotopic (exact) mass is 306 g/mol. The van der Waals surface area contributed by atoms with Gasteiger partial charge in [0, 0.05) is 19.0 Å². The zero-order chi connectivity index (χ0) is 15.3. The maximum absolute atomic E-state index is 12.2. The summed E-state index contributed by atoms with van der Waals surface area (Å²) in [5, 5.41) is 12.4. The molecule has 7 nitrogen and oxygen atoms in total. The van der Waals surface area contributed by atoms with E-state index in [1.54, 1.807) is 19.2 Å². The molecule has 2 N–H and O–H groups in total. The average molecular weight is 306 g/mol. The van der Waals surface area contributed by atoms with Gasteiger partial charge in [-0.15, -0.1) is 0 Å². The van der Waals surface area contributed by atoms with Crippen LogP contribution in [-0.2, 0) is 17.1 Å². The van der Waals surface area contributed by atoms with E-state index in [9.17, 15) is 8.42 Å². The number of aliphatic hydroxyl groups is 1. The minimum absolute atomic E-state index is 0.00107. The largest absolute Gasteiger partial charge is 0.395 e. The minimum atomic E-state index is -3.71. The molecule has 0 saturated heterocycles. The molecule has 0 amide bonds. The molecule has 0 aliphatic carbocycles. The van der Waals surface area contributed by atoms with Crippen molar-refractivity contribution in [2.24, 2.45) is 7.05 Å². The quantitative estimate of drug-likeness (QED) is 0.794. The fourth-order valence-electron chi connectivity index (χ4n) is 1.51. The molecule has 0 bridgehead atoms. The fraction of sp³-hybridized carbons (Fsp3) is 0.231. The predicted octanol–water partition coefficient (Wildman–Crippen LogP) is 0.350. The van der Waals surface area contributed by atoms with Gasteiger partial charge < -0.3 is 5.11 Å². The Labute approximate surface area is 122 Å². The number of hydrogen-bond acceptors (Lipinski definition) is 5. The summed E-state index contributed by atoms with van der Waals surface area (Å²) in [5.74, 6) is 5.73. The zero-order valence-electron chi connectivity index (χ0n) is 11.3. The van der Waals surface area contributed by atoms with Crippen molar-refractivity contribution in [3.63, 3.8) is 0 Å². The molecule has 0 atom stereocenters. The second-order valence-corrected chi connectivity index (χ2v) is 5.79. The van der Waals surface area contributed by atoms with Crippen LogP contribution in [0, 0.1) is 11.8 Å². The molecule has 1 aromatic carbocycles. The first kappa shape index (κ1) is 15.0. The summed E-state index contributed by atoms with van der Waals surface area (Å²) in [4.78, 5) is 3.92. The van der Waals surface area contributed by atoms with Crippen LogP contribution in [-0.4, -0.2) is 34.9 Å². The van der Waals surface area contributed by atoms with Crippen LogP contribution >= 0.6 is 0 Å². The van der Waals surface area contributed by atoms with E-state index < -0.39 is 10.0 Å². The zero-order valence-corrected chi connectivity index (χ0v) is 12.1. The average Bonchev–Trinajstić information content (AvgIpc) is 2.84. The van der Waals surface area contributed by atoms with Crippen molar-refractivity contribution in [3.8, 4) is 11.8 Å². The van der Waals surface area contributed by atoms with Crippen LogP contribution in [0.3, 0.4) is 0 Å². The molecule has 0 spiro atoms. The highest BCUT2D eigenvalue weighted by Crippen LogP contribution is 2.14. The van der Waals surface area contributed by atoms with Gasteiger partial charge >= 0.3 is 0 Å². The Balaban J connectivity index is 2.18. The molecule has 0 fully saturated rings. The topological polar surface area (TPSA) is 97.1 Å². The third-order valence-corrected chi connectivity index (χ3v) is 3.92. The molecular formula is C13H14N4O3S. The van der Waals surface area contributed by atoms with Crippen LogP contribution in [0.25, 0.3) is 0 Å². The van der Waals surface area contributed by atoms with Crippen LogP contribution in [0.15, 0.2) is 35.5 Å². The van der Waals surface area contributed by atoms with Gasteiger partial charge in [-0.25, -0.2) is 17.8 Å². The van der Waals surface area contributed by atoms with Crippen molar-refractivity contribution in [1.29, 1.82) is 0 Å². The molecule has 0 aliphatic heterocycles. The number of benzene rings is 1. The van der Waals surface area contributed by atoms with Gasteiger partial charge in [0.15, 0.2) is 0 Å². The van der Waals surface area contributed by atoms with Gasteiger partial charge in [0.25, 0.3) is 10.0 Å². The van der Waals surface area contributed by atoms with Crippen LogP contribution < -0.4 is 4.72 Å². The van der Waals surface area contributed by atoms with Crippen molar-refractivity contribution in [3.05, 3.63) is 36.2 Å². The van der Waals surface area contributed by atoms with E-state index in [0.717, 1.165) is 0 Å². The normalized spacial score (nSPS) is 10.8. The predicted molar refractivity (Wildman–Crippen MR) is 76.8 cm³/mol. The van der Waals surface area contributed by atoms with Crippen molar-refractivity contribution in [2.75, 3.05) is 11.3 Å². The summed E-state index contributed by atoms with van der Waals surface area (Å²) in [6.45, 7) is 0.00107. The van der Waals surface area contributed by atoms with Gasteiger partial charge in [-0.3, -0.25) is 0 Å². The number of rotatable bonds is 4. The molecule has 2 aromatic rings. The van der Waals surface area contributed by atoms with E-state index in [2.05, 4.69) is 26.6 Å². The summed E-state index contributed by atoms with van der Waals surface area (Å²) < 4.78 is 28.0. The van der Waals surface area contributed by atoms with Gasteiger partial charge in [-0.2, -0.15) is 10.1 Å². The van der Waals surface area contributed by atoms with E-state index in [1.165, 1.54) is 23.1 Å². The SMILES string of the molecule is Cn1ncnc1NS(=O)(=O)c1ccc(C#CCCO)cc1. The number of anilines is 1. The Morgan fingerprint density at radius 3 is 2.62 bits per heavy atom. The van der Waals surface area contributed by atoms with E-state index in [-0.39, 0.29) is 17.5 Å². The second kappa shape index (κ2) is 6.39. The Morgan fingerprint density at radius 2 is 2.05 bits per heavy atom. The van der Waals surface area contributed by atoms with Gasteiger partial charge in [0.1, 0.15) is 6.33 Å². The first-order valence-electron chi connectivity index (χ1n) is 6.09. The van der Waals surface area contributed by atoms with Gasteiger partial charge in [0.2, 0.25) is 5.95 Å². The first-order chi connectivity index (χ1) is 10.0. The first-order valence-corrected chi connectivity index (χ1v) is 7.58. The Hall–Kier alpha value is -2.37. The van der Waals surface area contributed by atoms with Gasteiger partial charge in [-0.1, -0.05) is 11.8 Å². The summed E-state index contributed by atoms with van der Waals surface area (Å²) in [5.41, 5.74) is 0.682. The van der Waals surface area contributed by atoms with Crippen molar-refractivity contribution >= 4 is 16.0 Å². The molecule has 0 unspecified atom stereocenters. The number of nitrogens with zero attached hydrogens (tertiary/aromatic N) is 3. The van der Waals surface area contributed by atoms with Crippen molar-refractivity contribution < 1.29 is 13.5 Å². The molecule has 8 heteroatoms. The van der Waals surface area contributed by atoms with Crippen LogP contribution in [0.1, 0.15) is 12.0 Å². The van der Waals surface area contributed by atoms with E-state index in [1.807, 2.05) is 0 Å².